The Labute approximate surface area is 161 Å². The van der Waals surface area contributed by atoms with Gasteiger partial charge in [0.15, 0.2) is 5.82 Å². The van der Waals surface area contributed by atoms with Crippen molar-refractivity contribution < 1.29 is 14.3 Å². The minimum Gasteiger partial charge on any atom is -0.497 e. The Balaban J connectivity index is 1.69. The highest BCUT2D eigenvalue weighted by Gasteiger charge is 2.15. The number of aromatic nitrogens is 4. The minimum atomic E-state index is -0.163. The maximum Gasteiger partial charge on any atom is 0.234 e. The first-order chi connectivity index (χ1) is 13.2. The van der Waals surface area contributed by atoms with Gasteiger partial charge in [0.25, 0.3) is 0 Å². The van der Waals surface area contributed by atoms with Gasteiger partial charge < -0.3 is 14.8 Å². The molecule has 0 aliphatic rings. The van der Waals surface area contributed by atoms with E-state index in [0.717, 1.165) is 12.2 Å². The summed E-state index contributed by atoms with van der Waals surface area (Å²) >= 11 is 1.32. The maximum atomic E-state index is 12.4. The predicted molar refractivity (Wildman–Crippen MR) is 104 cm³/mol. The van der Waals surface area contributed by atoms with Gasteiger partial charge in [0.05, 0.1) is 25.7 Å². The molecule has 0 aliphatic heterocycles. The van der Waals surface area contributed by atoms with Crippen LogP contribution in [0.3, 0.4) is 0 Å². The number of methoxy groups -OCH3 is 2. The fourth-order valence-corrected chi connectivity index (χ4v) is 3.27. The van der Waals surface area contributed by atoms with Crippen molar-refractivity contribution >= 4 is 23.4 Å². The van der Waals surface area contributed by atoms with Gasteiger partial charge in [-0.3, -0.25) is 9.47 Å². The first-order valence-electron chi connectivity index (χ1n) is 8.38. The summed E-state index contributed by atoms with van der Waals surface area (Å²) in [5, 5.41) is 11.9. The first-order valence-corrected chi connectivity index (χ1v) is 9.37. The molecule has 0 fully saturated rings. The van der Waals surface area contributed by atoms with Gasteiger partial charge in [-0.15, -0.1) is 10.2 Å². The molecule has 27 heavy (non-hydrogen) atoms. The van der Waals surface area contributed by atoms with Gasteiger partial charge in [0.1, 0.15) is 11.5 Å². The normalized spacial score (nSPS) is 10.6. The number of hydrogen-bond acceptors (Lipinski definition) is 6. The SMILES string of the molecule is CCc1nnc(SCC(=O)Nc2ccc(OC)cc2OC)n1-n1cccc1. The zero-order valence-electron chi connectivity index (χ0n) is 15.4. The van der Waals surface area contributed by atoms with Gasteiger partial charge in [-0.2, -0.15) is 0 Å². The second-order valence-corrected chi connectivity index (χ2v) is 6.47. The van der Waals surface area contributed by atoms with E-state index < -0.39 is 0 Å². The Hall–Kier alpha value is -2.94. The number of carbonyl (C=O) groups excluding carboxylic acids is 1. The molecule has 9 heteroatoms. The Morgan fingerprint density at radius 3 is 2.63 bits per heavy atom. The molecule has 3 aromatic rings. The number of ether oxygens (including phenoxy) is 2. The summed E-state index contributed by atoms with van der Waals surface area (Å²) in [6.45, 7) is 2.02. The van der Waals surface area contributed by atoms with Crippen LogP contribution in [0.2, 0.25) is 0 Å². The van der Waals surface area contributed by atoms with Crippen molar-refractivity contribution in [3.05, 3.63) is 48.5 Å². The molecular weight excluding hydrogens is 366 g/mol. The highest BCUT2D eigenvalue weighted by atomic mass is 32.2. The standard InChI is InChI=1S/C18H21N5O3S/c1-4-16-20-21-18(23(16)22-9-5-6-10-22)27-12-17(24)19-14-8-7-13(25-2)11-15(14)26-3/h5-11H,4,12H2,1-3H3,(H,19,24). The van der Waals surface area contributed by atoms with E-state index in [4.69, 9.17) is 9.47 Å². The summed E-state index contributed by atoms with van der Waals surface area (Å²) in [5.41, 5.74) is 0.588. The van der Waals surface area contributed by atoms with Crippen LogP contribution in [0.4, 0.5) is 5.69 Å². The minimum absolute atomic E-state index is 0.163. The molecule has 3 rings (SSSR count). The molecule has 2 heterocycles. The fourth-order valence-electron chi connectivity index (χ4n) is 2.52. The number of amides is 1. The van der Waals surface area contributed by atoms with Crippen molar-refractivity contribution in [2.45, 2.75) is 18.5 Å². The number of carbonyl (C=O) groups is 1. The van der Waals surface area contributed by atoms with Gasteiger partial charge in [0.2, 0.25) is 11.1 Å². The molecule has 0 saturated heterocycles. The van der Waals surface area contributed by atoms with E-state index in [1.165, 1.54) is 11.8 Å². The van der Waals surface area contributed by atoms with E-state index in [0.29, 0.717) is 22.3 Å². The van der Waals surface area contributed by atoms with Crippen molar-refractivity contribution in [3.63, 3.8) is 0 Å². The molecule has 1 N–H and O–H groups in total. The second kappa shape index (κ2) is 8.63. The average molecular weight is 387 g/mol. The second-order valence-electron chi connectivity index (χ2n) is 5.53. The van der Waals surface area contributed by atoms with Crippen LogP contribution in [-0.2, 0) is 11.2 Å². The maximum absolute atomic E-state index is 12.4. The molecule has 8 nitrogen and oxygen atoms in total. The lowest BCUT2D eigenvalue weighted by Crippen LogP contribution is -2.16. The van der Waals surface area contributed by atoms with Gasteiger partial charge in [-0.1, -0.05) is 18.7 Å². The van der Waals surface area contributed by atoms with E-state index in [2.05, 4.69) is 15.5 Å². The Kier molecular flexibility index (Phi) is 6.02. The molecule has 2 aromatic heterocycles. The third-order valence-corrected chi connectivity index (χ3v) is 4.75. The number of rotatable bonds is 8. The zero-order valence-corrected chi connectivity index (χ0v) is 16.2. The monoisotopic (exact) mass is 387 g/mol. The Morgan fingerprint density at radius 2 is 1.96 bits per heavy atom. The summed E-state index contributed by atoms with van der Waals surface area (Å²) < 4.78 is 14.3. The smallest absolute Gasteiger partial charge is 0.234 e. The van der Waals surface area contributed by atoms with Gasteiger partial charge in [-0.05, 0) is 24.3 Å². The van der Waals surface area contributed by atoms with Crippen molar-refractivity contribution in [1.82, 2.24) is 19.5 Å². The van der Waals surface area contributed by atoms with Crippen LogP contribution in [0.5, 0.6) is 11.5 Å². The molecule has 1 aromatic carbocycles. The number of aryl methyl sites for hydroxylation is 1. The first kappa shape index (κ1) is 18.8. The largest absolute Gasteiger partial charge is 0.497 e. The molecule has 0 bridgehead atoms. The molecule has 142 valence electrons. The van der Waals surface area contributed by atoms with Gasteiger partial charge in [-0.25, -0.2) is 4.68 Å². The highest BCUT2D eigenvalue weighted by molar-refractivity contribution is 7.99. The molecule has 0 aliphatic carbocycles. The Morgan fingerprint density at radius 1 is 1.19 bits per heavy atom. The van der Waals surface area contributed by atoms with Crippen LogP contribution >= 0.6 is 11.8 Å². The zero-order chi connectivity index (χ0) is 19.2. The summed E-state index contributed by atoms with van der Waals surface area (Å²) in [5.74, 6) is 2.05. The number of thioether (sulfide) groups is 1. The van der Waals surface area contributed by atoms with E-state index in [1.54, 1.807) is 32.4 Å². The summed E-state index contributed by atoms with van der Waals surface area (Å²) in [6, 6.07) is 9.09. The third kappa shape index (κ3) is 4.25. The molecular formula is C18H21N5O3S. The lowest BCUT2D eigenvalue weighted by Gasteiger charge is -2.12. The number of hydrogen-bond donors (Lipinski definition) is 1. The van der Waals surface area contributed by atoms with E-state index >= 15 is 0 Å². The van der Waals surface area contributed by atoms with Crippen molar-refractivity contribution in [2.24, 2.45) is 0 Å². The molecule has 0 saturated carbocycles. The number of benzene rings is 1. The number of nitrogens with one attached hydrogen (secondary N) is 1. The Bertz CT molecular complexity index is 908. The molecule has 0 atom stereocenters. The summed E-state index contributed by atoms with van der Waals surface area (Å²) in [7, 11) is 3.13. The van der Waals surface area contributed by atoms with Crippen LogP contribution in [0.25, 0.3) is 0 Å². The van der Waals surface area contributed by atoms with Crippen LogP contribution in [0.1, 0.15) is 12.7 Å². The lowest BCUT2D eigenvalue weighted by molar-refractivity contribution is -0.113. The summed E-state index contributed by atoms with van der Waals surface area (Å²) in [6.07, 6.45) is 4.56. The predicted octanol–water partition coefficient (Wildman–Crippen LogP) is 2.70. The van der Waals surface area contributed by atoms with Gasteiger partial charge >= 0.3 is 0 Å². The van der Waals surface area contributed by atoms with E-state index in [-0.39, 0.29) is 11.7 Å². The number of nitrogens with zero attached hydrogens (tertiary/aromatic N) is 4. The fraction of sp³-hybridized carbons (Fsp3) is 0.278. The van der Waals surface area contributed by atoms with Crippen LogP contribution in [0.15, 0.2) is 47.9 Å². The van der Waals surface area contributed by atoms with Crippen molar-refractivity contribution in [2.75, 3.05) is 25.3 Å². The highest BCUT2D eigenvalue weighted by Crippen LogP contribution is 2.29. The van der Waals surface area contributed by atoms with Crippen molar-refractivity contribution in [3.8, 4) is 11.5 Å². The van der Waals surface area contributed by atoms with Crippen LogP contribution < -0.4 is 14.8 Å². The number of anilines is 1. The summed E-state index contributed by atoms with van der Waals surface area (Å²) in [4.78, 5) is 12.4. The van der Waals surface area contributed by atoms with Crippen LogP contribution in [-0.4, -0.2) is 45.4 Å². The average Bonchev–Trinajstić information content (AvgIpc) is 3.35. The van der Waals surface area contributed by atoms with E-state index in [9.17, 15) is 4.79 Å². The van der Waals surface area contributed by atoms with Gasteiger partial charge in [0, 0.05) is 24.9 Å². The molecule has 0 spiro atoms. The lowest BCUT2D eigenvalue weighted by atomic mass is 10.2. The van der Waals surface area contributed by atoms with Crippen molar-refractivity contribution in [1.29, 1.82) is 0 Å². The third-order valence-electron chi connectivity index (χ3n) is 3.83. The van der Waals surface area contributed by atoms with E-state index in [1.807, 2.05) is 40.8 Å². The molecule has 0 unspecified atom stereocenters. The molecule has 0 radical (unpaired) electrons. The molecule has 1 amide bonds. The topological polar surface area (TPSA) is 83.2 Å². The van der Waals surface area contributed by atoms with Crippen LogP contribution in [0, 0.1) is 0 Å². The quantitative estimate of drug-likeness (QED) is 0.599.